The topological polar surface area (TPSA) is 55.8 Å². The zero-order valence-corrected chi connectivity index (χ0v) is 20.5. The number of amides is 2. The summed E-state index contributed by atoms with van der Waals surface area (Å²) in [6.45, 7) is 2.90. The Bertz CT molecular complexity index is 1080. The third-order valence-corrected chi connectivity index (χ3v) is 7.24. The Kier molecular flexibility index (Phi) is 7.66. The molecule has 1 aliphatic heterocycles. The van der Waals surface area contributed by atoms with Crippen LogP contribution in [0.5, 0.6) is 11.5 Å². The van der Waals surface area contributed by atoms with Gasteiger partial charge in [-0.15, -0.1) is 0 Å². The van der Waals surface area contributed by atoms with E-state index < -0.39 is 0 Å². The fourth-order valence-corrected chi connectivity index (χ4v) is 5.48. The smallest absolute Gasteiger partial charge is 0.293 e. The van der Waals surface area contributed by atoms with Crippen molar-refractivity contribution in [3.8, 4) is 11.5 Å². The van der Waals surface area contributed by atoms with Crippen molar-refractivity contribution in [3.05, 3.63) is 63.0 Å². The van der Waals surface area contributed by atoms with Crippen LogP contribution in [0.3, 0.4) is 0 Å². The van der Waals surface area contributed by atoms with Gasteiger partial charge in [0.1, 0.15) is 6.61 Å². The van der Waals surface area contributed by atoms with E-state index in [1.165, 1.54) is 24.2 Å². The van der Waals surface area contributed by atoms with E-state index in [1.54, 1.807) is 25.3 Å². The first-order valence-electron chi connectivity index (χ1n) is 11.3. The highest BCUT2D eigenvalue weighted by Crippen LogP contribution is 2.40. The van der Waals surface area contributed by atoms with Crippen LogP contribution >= 0.6 is 23.4 Å². The zero-order valence-electron chi connectivity index (χ0n) is 18.9. The molecule has 2 fully saturated rings. The summed E-state index contributed by atoms with van der Waals surface area (Å²) in [6.07, 6.45) is 7.45. The third kappa shape index (κ3) is 5.74. The molecule has 2 amide bonds. The lowest BCUT2D eigenvalue weighted by molar-refractivity contribution is -0.123. The molecular formula is C26H28ClNO4S. The number of halogens is 1. The number of benzene rings is 2. The van der Waals surface area contributed by atoms with Gasteiger partial charge >= 0.3 is 0 Å². The SMILES string of the molecule is COc1cc(/C=C2/SC(=O)N(CC3CCCCC3)C2=O)cc(Cl)c1OCc1cccc(C)c1. The van der Waals surface area contributed by atoms with E-state index in [9.17, 15) is 9.59 Å². The van der Waals surface area contributed by atoms with E-state index in [0.717, 1.165) is 35.7 Å². The highest BCUT2D eigenvalue weighted by molar-refractivity contribution is 8.18. The second kappa shape index (κ2) is 10.7. The first-order valence-corrected chi connectivity index (χ1v) is 12.5. The van der Waals surface area contributed by atoms with E-state index in [4.69, 9.17) is 21.1 Å². The Labute approximate surface area is 204 Å². The Balaban J connectivity index is 1.50. The Morgan fingerprint density at radius 1 is 1.15 bits per heavy atom. The standard InChI is InChI=1S/C26H28ClNO4S/c1-17-7-6-10-19(11-17)16-32-24-21(27)12-20(13-22(24)31-2)14-23-25(29)28(26(30)33-23)15-18-8-4-3-5-9-18/h6-7,10-14,18H,3-5,8-9,15-16H2,1-2H3/b23-14+. The zero-order chi connectivity index (χ0) is 23.4. The number of hydrogen-bond donors (Lipinski definition) is 0. The summed E-state index contributed by atoms with van der Waals surface area (Å²) >= 11 is 7.50. The molecule has 0 aromatic heterocycles. The molecule has 0 atom stereocenters. The van der Waals surface area contributed by atoms with Gasteiger partial charge in [-0.3, -0.25) is 14.5 Å². The number of hydrogen-bond acceptors (Lipinski definition) is 5. The average Bonchev–Trinajstić information content (AvgIpc) is 3.06. The molecule has 0 N–H and O–H groups in total. The van der Waals surface area contributed by atoms with Crippen molar-refractivity contribution < 1.29 is 19.1 Å². The van der Waals surface area contributed by atoms with E-state index in [1.807, 2.05) is 25.1 Å². The van der Waals surface area contributed by atoms with Gasteiger partial charge in [0.25, 0.3) is 11.1 Å². The normalized spacial score (nSPS) is 18.3. The van der Waals surface area contributed by atoms with Crippen LogP contribution in [-0.2, 0) is 11.4 Å². The molecule has 174 valence electrons. The van der Waals surface area contributed by atoms with Gasteiger partial charge in [0, 0.05) is 6.54 Å². The molecular weight excluding hydrogens is 458 g/mol. The number of imide groups is 1. The third-order valence-electron chi connectivity index (χ3n) is 6.05. The molecule has 1 heterocycles. The maximum Gasteiger partial charge on any atom is 0.293 e. The number of ether oxygens (including phenoxy) is 2. The van der Waals surface area contributed by atoms with Crippen molar-refractivity contribution in [2.45, 2.75) is 45.6 Å². The second-order valence-corrected chi connectivity index (χ2v) is 10.0. The van der Waals surface area contributed by atoms with E-state index in [0.29, 0.717) is 46.1 Å². The first kappa shape index (κ1) is 23.7. The fourth-order valence-electron chi connectivity index (χ4n) is 4.36. The first-order chi connectivity index (χ1) is 15.9. The van der Waals surface area contributed by atoms with Gasteiger partial charge in [0.2, 0.25) is 0 Å². The minimum Gasteiger partial charge on any atom is -0.493 e. The van der Waals surface area contributed by atoms with Crippen LogP contribution in [0.25, 0.3) is 6.08 Å². The van der Waals surface area contributed by atoms with Crippen LogP contribution < -0.4 is 9.47 Å². The number of methoxy groups -OCH3 is 1. The summed E-state index contributed by atoms with van der Waals surface area (Å²) in [4.78, 5) is 27.2. The molecule has 1 saturated carbocycles. The minimum atomic E-state index is -0.231. The van der Waals surface area contributed by atoms with Gasteiger partial charge in [-0.1, -0.05) is 60.7 Å². The second-order valence-electron chi connectivity index (χ2n) is 8.61. The molecule has 1 saturated heterocycles. The van der Waals surface area contributed by atoms with Crippen molar-refractivity contribution in [2.24, 2.45) is 5.92 Å². The summed E-state index contributed by atoms with van der Waals surface area (Å²) in [6, 6.07) is 11.6. The number of carbonyl (C=O) groups is 2. The van der Waals surface area contributed by atoms with Crippen molar-refractivity contribution in [2.75, 3.05) is 13.7 Å². The molecule has 4 rings (SSSR count). The maximum absolute atomic E-state index is 12.9. The summed E-state index contributed by atoms with van der Waals surface area (Å²) in [5.41, 5.74) is 2.87. The lowest BCUT2D eigenvalue weighted by atomic mass is 9.89. The summed E-state index contributed by atoms with van der Waals surface area (Å²) < 4.78 is 11.5. The maximum atomic E-state index is 12.9. The minimum absolute atomic E-state index is 0.201. The number of rotatable bonds is 7. The van der Waals surface area contributed by atoms with Crippen molar-refractivity contribution in [1.82, 2.24) is 4.90 Å². The van der Waals surface area contributed by atoms with E-state index in [-0.39, 0.29) is 11.1 Å². The molecule has 33 heavy (non-hydrogen) atoms. The molecule has 0 radical (unpaired) electrons. The van der Waals surface area contributed by atoms with Gasteiger partial charge in [0.05, 0.1) is 17.0 Å². The van der Waals surface area contributed by atoms with Crippen molar-refractivity contribution in [3.63, 3.8) is 0 Å². The lowest BCUT2D eigenvalue weighted by Gasteiger charge is -2.25. The van der Waals surface area contributed by atoms with Crippen LogP contribution in [-0.4, -0.2) is 29.7 Å². The molecule has 2 aromatic rings. The van der Waals surface area contributed by atoms with Crippen LogP contribution in [0.15, 0.2) is 41.3 Å². The number of carbonyl (C=O) groups excluding carboxylic acids is 2. The highest BCUT2D eigenvalue weighted by Gasteiger charge is 2.36. The van der Waals surface area contributed by atoms with Crippen LogP contribution in [0.4, 0.5) is 4.79 Å². The van der Waals surface area contributed by atoms with Gasteiger partial charge < -0.3 is 9.47 Å². The Hall–Kier alpha value is -2.44. The largest absolute Gasteiger partial charge is 0.493 e. The van der Waals surface area contributed by atoms with E-state index in [2.05, 4.69) is 6.07 Å². The number of nitrogens with zero attached hydrogens (tertiary/aromatic N) is 1. The molecule has 2 aliphatic rings. The van der Waals surface area contributed by atoms with Crippen LogP contribution in [0.2, 0.25) is 5.02 Å². The summed E-state index contributed by atoms with van der Waals surface area (Å²) in [7, 11) is 1.55. The average molecular weight is 486 g/mol. The molecule has 5 nitrogen and oxygen atoms in total. The molecule has 2 aromatic carbocycles. The van der Waals surface area contributed by atoms with E-state index >= 15 is 0 Å². The molecule has 0 bridgehead atoms. The predicted octanol–water partition coefficient (Wildman–Crippen LogP) is 6.85. The number of thioether (sulfide) groups is 1. The van der Waals surface area contributed by atoms with Crippen LogP contribution in [0.1, 0.15) is 48.8 Å². The van der Waals surface area contributed by atoms with Crippen LogP contribution in [0, 0.1) is 12.8 Å². The monoisotopic (exact) mass is 485 g/mol. The van der Waals surface area contributed by atoms with Gasteiger partial charge in [0.15, 0.2) is 11.5 Å². The predicted molar refractivity (Wildman–Crippen MR) is 133 cm³/mol. The molecule has 0 spiro atoms. The Morgan fingerprint density at radius 3 is 2.67 bits per heavy atom. The summed E-state index contributed by atoms with van der Waals surface area (Å²) in [5.74, 6) is 1.10. The van der Waals surface area contributed by atoms with Crippen molar-refractivity contribution in [1.29, 1.82) is 0 Å². The van der Waals surface area contributed by atoms with Crippen molar-refractivity contribution >= 4 is 40.6 Å². The molecule has 0 unspecified atom stereocenters. The lowest BCUT2D eigenvalue weighted by Crippen LogP contribution is -2.34. The molecule has 1 aliphatic carbocycles. The summed E-state index contributed by atoms with van der Waals surface area (Å²) in [5, 5.41) is 0.183. The number of aryl methyl sites for hydroxylation is 1. The Morgan fingerprint density at radius 2 is 1.94 bits per heavy atom. The van der Waals surface area contributed by atoms with Gasteiger partial charge in [-0.25, -0.2) is 0 Å². The quantitative estimate of drug-likeness (QED) is 0.401. The van der Waals surface area contributed by atoms with Gasteiger partial charge in [-0.2, -0.15) is 0 Å². The fraction of sp³-hybridized carbons (Fsp3) is 0.385. The molecule has 7 heteroatoms. The highest BCUT2D eigenvalue weighted by atomic mass is 35.5. The van der Waals surface area contributed by atoms with Gasteiger partial charge in [-0.05, 0) is 66.8 Å².